The van der Waals surface area contributed by atoms with E-state index in [0.29, 0.717) is 0 Å². The van der Waals surface area contributed by atoms with Gasteiger partial charge in [-0.25, -0.2) is 0 Å². The van der Waals surface area contributed by atoms with E-state index >= 15 is 0 Å². The smallest absolute Gasteiger partial charge is 0.315 e. The fourth-order valence-electron chi connectivity index (χ4n) is 3.98. The van der Waals surface area contributed by atoms with Gasteiger partial charge in [0.2, 0.25) is 5.96 Å². The highest BCUT2D eigenvalue weighted by molar-refractivity contribution is 5.77. The third-order valence-electron chi connectivity index (χ3n) is 6.02. The molecule has 0 aromatic carbocycles. The Morgan fingerprint density at radius 3 is 2.05 bits per heavy atom. The minimum Gasteiger partial charge on any atom is -0.509 e. The van der Waals surface area contributed by atoms with E-state index < -0.39 is 91.0 Å². The molecule has 17 nitrogen and oxygen atoms in total. The van der Waals surface area contributed by atoms with Crippen molar-refractivity contribution in [3.63, 3.8) is 0 Å². The van der Waals surface area contributed by atoms with Crippen molar-refractivity contribution in [2.75, 3.05) is 14.2 Å². The molecule has 2 rings (SSSR count). The Kier molecular flexibility index (Phi) is 11.6. The van der Waals surface area contributed by atoms with Crippen molar-refractivity contribution < 1.29 is 68.4 Å². The van der Waals surface area contributed by atoms with Gasteiger partial charge >= 0.3 is 6.02 Å². The first-order chi connectivity index (χ1) is 18.3. The molecule has 39 heavy (non-hydrogen) atoms. The largest absolute Gasteiger partial charge is 0.509 e. The molecule has 19 heteroatoms. The number of aliphatic hydroxyl groups excluding tert-OH is 7. The maximum Gasteiger partial charge on any atom is 0.315 e. The molecule has 0 amide bonds. The quantitative estimate of drug-likeness (QED) is 0.0378. The molecule has 224 valence electrons. The van der Waals surface area contributed by atoms with E-state index in [4.69, 9.17) is 35.2 Å². The lowest BCUT2D eigenvalue weighted by Crippen LogP contribution is -2.71. The number of ether oxygens (including phenoxy) is 5. The number of aliphatic hydroxyl groups is 7. The summed E-state index contributed by atoms with van der Waals surface area (Å²) in [6.45, 7) is 1.08. The Hall–Kier alpha value is -2.88. The summed E-state index contributed by atoms with van der Waals surface area (Å²) in [5, 5.41) is 78.6. The van der Waals surface area contributed by atoms with E-state index in [-0.39, 0.29) is 5.57 Å². The van der Waals surface area contributed by atoms with E-state index in [9.17, 15) is 44.7 Å². The van der Waals surface area contributed by atoms with Crippen LogP contribution >= 0.6 is 0 Å². The summed E-state index contributed by atoms with van der Waals surface area (Å²) in [6, 6.07) is -2.79. The van der Waals surface area contributed by atoms with Crippen molar-refractivity contribution in [2.45, 2.75) is 74.4 Å². The number of nitrogens with one attached hydrogen (secondary N) is 1. The Morgan fingerprint density at radius 2 is 1.59 bits per heavy atom. The van der Waals surface area contributed by atoms with Crippen LogP contribution in [-0.2, 0) is 23.7 Å². The van der Waals surface area contributed by atoms with Gasteiger partial charge in [0.1, 0.15) is 42.4 Å². The molecule has 0 aromatic rings. The summed E-state index contributed by atoms with van der Waals surface area (Å²) in [7, 11) is 2.22. The molecular formula is C20H33F2N5O12. The molecule has 0 bridgehead atoms. The third-order valence-corrected chi connectivity index (χ3v) is 6.02. The second kappa shape index (κ2) is 14.0. The Labute approximate surface area is 220 Å². The lowest BCUT2D eigenvalue weighted by molar-refractivity contribution is -0.282. The zero-order chi connectivity index (χ0) is 29.6. The van der Waals surface area contributed by atoms with Gasteiger partial charge in [0.25, 0.3) is 0 Å². The third kappa shape index (κ3) is 7.21. The molecule has 11 atom stereocenters. The molecule has 1 fully saturated rings. The van der Waals surface area contributed by atoms with Gasteiger partial charge in [-0.3, -0.25) is 0 Å². The Bertz CT molecular complexity index is 952. The number of nitrogens with zero attached hydrogens (tertiary/aromatic N) is 2. The van der Waals surface area contributed by atoms with E-state index in [1.54, 1.807) is 0 Å². The topological polar surface area (TPSA) is 277 Å². The second-order valence-corrected chi connectivity index (χ2v) is 8.52. The van der Waals surface area contributed by atoms with Crippen molar-refractivity contribution in [2.24, 2.45) is 21.9 Å². The lowest BCUT2D eigenvalue weighted by Gasteiger charge is -2.46. The summed E-state index contributed by atoms with van der Waals surface area (Å²) in [5.74, 6) is -2.46. The highest BCUT2D eigenvalue weighted by atomic mass is 19.2. The predicted octanol–water partition coefficient (Wildman–Crippen LogP) is -3.45. The Morgan fingerprint density at radius 1 is 0.974 bits per heavy atom. The van der Waals surface area contributed by atoms with Gasteiger partial charge in [-0.15, -0.1) is 0 Å². The number of amidine groups is 1. The molecular weight excluding hydrogens is 540 g/mol. The number of hydrogen-bond donors (Lipinski definition) is 10. The highest BCUT2D eigenvalue weighted by Gasteiger charge is 2.53. The number of rotatable bonds is 11. The molecule has 0 aromatic heterocycles. The monoisotopic (exact) mass is 573 g/mol. The maximum absolute atomic E-state index is 12.8. The van der Waals surface area contributed by atoms with Crippen LogP contribution in [0, 0.1) is 0 Å². The average Bonchev–Trinajstić information content (AvgIpc) is 2.92. The van der Waals surface area contributed by atoms with Crippen LogP contribution in [0.1, 0.15) is 6.92 Å². The van der Waals surface area contributed by atoms with Crippen molar-refractivity contribution in [1.29, 1.82) is 0 Å². The van der Waals surface area contributed by atoms with Gasteiger partial charge in [-0.05, 0) is 18.2 Å². The summed E-state index contributed by atoms with van der Waals surface area (Å²) < 4.78 is 51.9. The fourth-order valence-corrected chi connectivity index (χ4v) is 3.98. The first-order valence-electron chi connectivity index (χ1n) is 11.2. The second-order valence-electron chi connectivity index (χ2n) is 8.52. The number of guanidine groups is 1. The van der Waals surface area contributed by atoms with Crippen LogP contribution in [-0.4, -0.2) is 129 Å². The maximum atomic E-state index is 12.8. The van der Waals surface area contributed by atoms with Gasteiger partial charge < -0.3 is 76.2 Å². The molecule has 0 saturated heterocycles. The highest BCUT2D eigenvalue weighted by Crippen LogP contribution is 2.32. The number of halogens is 2. The number of hydrogen-bond acceptors (Lipinski definition) is 14. The fraction of sp³-hybridized carbons (Fsp3) is 0.700. The first-order valence-corrected chi connectivity index (χ1v) is 11.2. The SMILES string of the molecule is COC(OC(/C(O)=C(/C)O)C(OC)OC1C(O)C(O)C(OC(N)=NF)C(O)C1NC(N)=NF)C1=CC(O)C1O. The number of allylic oxidation sites excluding steroid dienone is 1. The molecule has 0 radical (unpaired) electrons. The number of nitrogens with two attached hydrogens (primary N) is 2. The van der Waals surface area contributed by atoms with Crippen LogP contribution in [0.15, 0.2) is 33.6 Å². The van der Waals surface area contributed by atoms with Gasteiger partial charge in [0, 0.05) is 19.8 Å². The van der Waals surface area contributed by atoms with E-state index in [1.165, 1.54) is 13.2 Å². The van der Waals surface area contributed by atoms with Gasteiger partial charge in [0.15, 0.2) is 30.5 Å². The molecule has 11 unspecified atom stereocenters. The van der Waals surface area contributed by atoms with Crippen LogP contribution in [0.3, 0.4) is 0 Å². The predicted molar refractivity (Wildman–Crippen MR) is 125 cm³/mol. The van der Waals surface area contributed by atoms with Crippen molar-refractivity contribution in [1.82, 2.24) is 5.32 Å². The first kappa shape index (κ1) is 32.3. The molecule has 12 N–H and O–H groups in total. The van der Waals surface area contributed by atoms with E-state index in [1.807, 2.05) is 0 Å². The Balaban J connectivity index is 2.45. The molecule has 0 heterocycles. The van der Waals surface area contributed by atoms with Crippen LogP contribution in [0.5, 0.6) is 0 Å². The van der Waals surface area contributed by atoms with Crippen LogP contribution < -0.4 is 16.8 Å². The number of methoxy groups -OCH3 is 2. The van der Waals surface area contributed by atoms with Crippen LogP contribution in [0.2, 0.25) is 0 Å². The minimum absolute atomic E-state index is 0.0513. The zero-order valence-corrected chi connectivity index (χ0v) is 20.9. The van der Waals surface area contributed by atoms with Crippen molar-refractivity contribution >= 4 is 12.0 Å². The lowest BCUT2D eigenvalue weighted by atomic mass is 9.82. The molecule has 1 saturated carbocycles. The normalized spacial score (nSPS) is 34.8. The summed E-state index contributed by atoms with van der Waals surface area (Å²) in [5.41, 5.74) is 10.6. The van der Waals surface area contributed by atoms with Crippen LogP contribution in [0.25, 0.3) is 0 Å². The molecule has 0 spiro atoms. The minimum atomic E-state index is -2.03. The molecule has 2 aliphatic carbocycles. The summed E-state index contributed by atoms with van der Waals surface area (Å²) in [4.78, 5) is 0. The van der Waals surface area contributed by atoms with Gasteiger partial charge in [-0.1, -0.05) is 14.2 Å². The molecule has 0 aliphatic heterocycles. The van der Waals surface area contributed by atoms with Crippen LogP contribution in [0.4, 0.5) is 8.96 Å². The van der Waals surface area contributed by atoms with E-state index in [0.717, 1.165) is 14.0 Å². The summed E-state index contributed by atoms with van der Waals surface area (Å²) in [6.07, 6.45) is -16.0. The van der Waals surface area contributed by atoms with Crippen molar-refractivity contribution in [3.8, 4) is 0 Å². The average molecular weight is 574 g/mol. The van der Waals surface area contributed by atoms with Gasteiger partial charge in [-0.2, -0.15) is 0 Å². The standard InChI is InChI=1S/C20H33F2N5O12/c1-5(28)9(30)16(38-17(35-2)6-4-7(29)10(6)31)18(36-3)37-14-8(25-19(23)26-21)11(32)15(13(34)12(14)33)39-20(24)27-22/h4,7-8,10-18,28-34H,1-3H3,(H2,24,27)(H3,23,25,26)/b9-5+. The van der Waals surface area contributed by atoms with E-state index in [2.05, 4.69) is 15.7 Å². The zero-order valence-electron chi connectivity index (χ0n) is 20.9. The van der Waals surface area contributed by atoms with Gasteiger partial charge in [0.05, 0.1) is 6.04 Å². The van der Waals surface area contributed by atoms with Crippen molar-refractivity contribution in [3.05, 3.63) is 23.2 Å². The summed E-state index contributed by atoms with van der Waals surface area (Å²) >= 11 is 0. The molecule has 2 aliphatic rings.